The van der Waals surface area contributed by atoms with Crippen molar-refractivity contribution in [2.75, 3.05) is 25.0 Å². The van der Waals surface area contributed by atoms with E-state index in [1.54, 1.807) is 13.8 Å². The third-order valence-electron chi connectivity index (χ3n) is 7.96. The maximum Gasteiger partial charge on any atom is 0.407 e. The molecule has 1 aromatic carbocycles. The molecule has 1 saturated heterocycles. The number of pyridine rings is 1. The molecule has 2 aliphatic rings. The Labute approximate surface area is 239 Å². The highest BCUT2D eigenvalue weighted by atomic mass is 79.9. The molecule has 39 heavy (non-hydrogen) atoms. The van der Waals surface area contributed by atoms with E-state index >= 15 is 0 Å². The minimum absolute atomic E-state index is 0.0160. The summed E-state index contributed by atoms with van der Waals surface area (Å²) in [6.07, 6.45) is 1.19. The molecule has 0 bridgehead atoms. The first-order valence-corrected chi connectivity index (χ1v) is 14.3. The Hall–Kier alpha value is -2.78. The van der Waals surface area contributed by atoms with Crippen LogP contribution in [0.2, 0.25) is 0 Å². The summed E-state index contributed by atoms with van der Waals surface area (Å²) in [7, 11) is 1.89. The van der Waals surface area contributed by atoms with Crippen molar-refractivity contribution < 1.29 is 19.1 Å². The summed E-state index contributed by atoms with van der Waals surface area (Å²) < 4.78 is 6.35. The predicted octanol–water partition coefficient (Wildman–Crippen LogP) is 5.56. The van der Waals surface area contributed by atoms with Gasteiger partial charge in [0.05, 0.1) is 5.52 Å². The lowest BCUT2D eigenvalue weighted by atomic mass is 9.87. The Morgan fingerprint density at radius 3 is 2.64 bits per heavy atom. The van der Waals surface area contributed by atoms with Crippen molar-refractivity contribution in [2.45, 2.75) is 84.5 Å². The van der Waals surface area contributed by atoms with Gasteiger partial charge in [-0.1, -0.05) is 22.0 Å². The summed E-state index contributed by atoms with van der Waals surface area (Å²) in [5.41, 5.74) is 1.57. The van der Waals surface area contributed by atoms with Gasteiger partial charge in [0.2, 0.25) is 0 Å². The summed E-state index contributed by atoms with van der Waals surface area (Å²) in [5.74, 6) is 0.674. The summed E-state index contributed by atoms with van der Waals surface area (Å²) in [6.45, 7) is 13.2. The van der Waals surface area contributed by atoms with Crippen molar-refractivity contribution in [1.82, 2.24) is 15.2 Å². The molecule has 0 spiro atoms. The number of fused-ring (bicyclic) bond motifs is 1. The van der Waals surface area contributed by atoms with Gasteiger partial charge in [0.1, 0.15) is 17.0 Å². The lowest BCUT2D eigenvalue weighted by molar-refractivity contribution is -0.120. The SMILES string of the molecule is CC1=C(C)C(=O)C(C)(N(C)c2cc(CN3CCC(NC(=O)OC(C)(C)C)C3)c3ccc(Br)cc3n2)CCC1=O. The lowest BCUT2D eigenvalue weighted by Crippen LogP contribution is -2.51. The van der Waals surface area contributed by atoms with Crippen LogP contribution in [0.25, 0.3) is 10.9 Å². The Balaban J connectivity index is 1.61. The van der Waals surface area contributed by atoms with Crippen molar-refractivity contribution in [3.05, 3.63) is 45.4 Å². The van der Waals surface area contributed by atoms with Crippen LogP contribution in [-0.4, -0.2) is 64.9 Å². The number of ketones is 2. The summed E-state index contributed by atoms with van der Waals surface area (Å²) in [4.78, 5) is 47.6. The number of carbonyl (C=O) groups excluding carboxylic acids is 3. The molecule has 2 aromatic rings. The van der Waals surface area contributed by atoms with Crippen LogP contribution in [0.15, 0.2) is 39.9 Å². The number of benzene rings is 1. The quantitative estimate of drug-likeness (QED) is 0.481. The van der Waals surface area contributed by atoms with Gasteiger partial charge in [-0.15, -0.1) is 0 Å². The molecular weight excluding hydrogens is 560 g/mol. The predicted molar refractivity (Wildman–Crippen MR) is 157 cm³/mol. The number of allylic oxidation sites excluding steroid dienone is 1. The Morgan fingerprint density at radius 1 is 1.23 bits per heavy atom. The standard InChI is InChI=1S/C30H39BrN4O4/c1-18-19(2)27(37)30(6,12-10-25(18)36)34(7)26-14-20(23-9-8-21(31)15-24(23)33-26)16-35-13-11-22(17-35)32-28(38)39-29(3,4)5/h8-9,14-15,22H,10-13,16-17H2,1-7H3,(H,32,38). The first-order valence-electron chi connectivity index (χ1n) is 13.5. The number of amides is 1. The van der Waals surface area contributed by atoms with E-state index in [1.165, 1.54) is 0 Å². The van der Waals surface area contributed by atoms with Crippen LogP contribution in [0.1, 0.15) is 66.4 Å². The summed E-state index contributed by atoms with van der Waals surface area (Å²) >= 11 is 3.57. The van der Waals surface area contributed by atoms with E-state index in [0.29, 0.717) is 42.9 Å². The fourth-order valence-corrected chi connectivity index (χ4v) is 5.73. The number of hydrogen-bond acceptors (Lipinski definition) is 7. The van der Waals surface area contributed by atoms with E-state index in [4.69, 9.17) is 9.72 Å². The number of ether oxygens (including phenoxy) is 1. The molecule has 1 amide bonds. The maximum absolute atomic E-state index is 13.6. The van der Waals surface area contributed by atoms with E-state index < -0.39 is 17.2 Å². The number of Topliss-reactive ketones (excluding diaryl/α,β-unsaturated/α-hetero) is 2. The highest BCUT2D eigenvalue weighted by Gasteiger charge is 2.42. The molecule has 0 radical (unpaired) electrons. The highest BCUT2D eigenvalue weighted by Crippen LogP contribution is 2.35. The van der Waals surface area contributed by atoms with Crippen LogP contribution in [0.4, 0.5) is 10.6 Å². The third-order valence-corrected chi connectivity index (χ3v) is 8.46. The number of nitrogens with one attached hydrogen (secondary N) is 1. The number of halogens is 1. The molecule has 2 heterocycles. The number of hydrogen-bond donors (Lipinski definition) is 1. The number of likely N-dealkylation sites (tertiary alicyclic amines) is 1. The zero-order valence-electron chi connectivity index (χ0n) is 24.0. The maximum atomic E-state index is 13.6. The minimum Gasteiger partial charge on any atom is -0.444 e. The monoisotopic (exact) mass is 598 g/mol. The second kappa shape index (κ2) is 11.0. The van der Waals surface area contributed by atoms with Crippen molar-refractivity contribution in [2.24, 2.45) is 0 Å². The van der Waals surface area contributed by atoms with Gasteiger partial charge in [-0.3, -0.25) is 14.5 Å². The molecular formula is C30H39BrN4O4. The fraction of sp³-hybridized carbons (Fsp3) is 0.533. The lowest BCUT2D eigenvalue weighted by Gasteiger charge is -2.38. The zero-order valence-corrected chi connectivity index (χ0v) is 25.6. The van der Waals surface area contributed by atoms with Crippen molar-refractivity contribution >= 4 is 50.3 Å². The van der Waals surface area contributed by atoms with Crippen LogP contribution >= 0.6 is 15.9 Å². The van der Waals surface area contributed by atoms with Gasteiger partial charge < -0.3 is 15.0 Å². The van der Waals surface area contributed by atoms with E-state index in [9.17, 15) is 14.4 Å². The molecule has 8 nitrogen and oxygen atoms in total. The number of nitrogens with zero attached hydrogens (tertiary/aromatic N) is 3. The topological polar surface area (TPSA) is 91.8 Å². The van der Waals surface area contributed by atoms with Crippen LogP contribution in [-0.2, 0) is 20.9 Å². The minimum atomic E-state index is -0.891. The second-order valence-electron chi connectivity index (χ2n) is 12.0. The second-order valence-corrected chi connectivity index (χ2v) is 12.9. The molecule has 210 valence electrons. The average molecular weight is 600 g/mol. The van der Waals surface area contributed by atoms with Crippen LogP contribution in [0.5, 0.6) is 0 Å². The van der Waals surface area contributed by atoms with Crippen molar-refractivity contribution in [3.63, 3.8) is 0 Å². The molecule has 2 unspecified atom stereocenters. The first kappa shape index (κ1) is 29.2. The van der Waals surface area contributed by atoms with Gasteiger partial charge in [-0.2, -0.15) is 0 Å². The van der Waals surface area contributed by atoms with Gasteiger partial charge >= 0.3 is 6.09 Å². The van der Waals surface area contributed by atoms with Gasteiger partial charge in [0.25, 0.3) is 0 Å². The number of rotatable bonds is 5. The summed E-state index contributed by atoms with van der Waals surface area (Å²) in [5, 5.41) is 4.04. The number of likely N-dealkylation sites (N-methyl/N-ethyl adjacent to an activating group) is 1. The number of anilines is 1. The van der Waals surface area contributed by atoms with E-state index in [2.05, 4.69) is 38.3 Å². The van der Waals surface area contributed by atoms with Crippen molar-refractivity contribution in [1.29, 1.82) is 0 Å². The van der Waals surface area contributed by atoms with Crippen LogP contribution in [0, 0.1) is 0 Å². The molecule has 9 heteroatoms. The molecule has 1 N–H and O–H groups in total. The van der Waals surface area contributed by atoms with Gasteiger partial charge in [0.15, 0.2) is 11.6 Å². The molecule has 1 aliphatic carbocycles. The van der Waals surface area contributed by atoms with Crippen LogP contribution in [0.3, 0.4) is 0 Å². The van der Waals surface area contributed by atoms with E-state index in [0.717, 1.165) is 33.9 Å². The van der Waals surface area contributed by atoms with Crippen LogP contribution < -0.4 is 10.2 Å². The molecule has 0 saturated carbocycles. The Morgan fingerprint density at radius 2 is 1.95 bits per heavy atom. The van der Waals surface area contributed by atoms with E-state index in [-0.39, 0.29) is 17.6 Å². The van der Waals surface area contributed by atoms with E-state index in [1.807, 2.05) is 51.8 Å². The van der Waals surface area contributed by atoms with Crippen molar-refractivity contribution in [3.8, 4) is 0 Å². The normalized spacial score (nSPS) is 22.8. The molecule has 1 fully saturated rings. The summed E-state index contributed by atoms with van der Waals surface area (Å²) in [6, 6.07) is 8.13. The Kier molecular flexibility index (Phi) is 8.24. The molecule has 1 aromatic heterocycles. The number of carbonyl (C=O) groups is 3. The third kappa shape index (κ3) is 6.35. The van der Waals surface area contributed by atoms with Gasteiger partial charge in [0, 0.05) is 54.6 Å². The number of aromatic nitrogens is 1. The molecule has 1 aliphatic heterocycles. The molecule has 4 rings (SSSR count). The highest BCUT2D eigenvalue weighted by molar-refractivity contribution is 9.10. The van der Waals surface area contributed by atoms with Gasteiger partial charge in [-0.05, 0) is 83.7 Å². The van der Waals surface area contributed by atoms with Gasteiger partial charge in [-0.25, -0.2) is 9.78 Å². The number of alkyl carbamates (subject to hydrolysis) is 1. The largest absolute Gasteiger partial charge is 0.444 e. The fourth-order valence-electron chi connectivity index (χ4n) is 5.38. The average Bonchev–Trinajstić information content (AvgIpc) is 3.27. The first-order chi connectivity index (χ1) is 18.2. The molecule has 2 atom stereocenters. The Bertz CT molecular complexity index is 1350. The zero-order chi connectivity index (χ0) is 28.7. The smallest absolute Gasteiger partial charge is 0.407 e.